The molecule has 2 aromatic rings. The fourth-order valence-electron chi connectivity index (χ4n) is 1.51. The average molecular weight is 409 g/mol. The van der Waals surface area contributed by atoms with E-state index in [1.807, 2.05) is 0 Å². The second kappa shape index (κ2) is 8.22. The van der Waals surface area contributed by atoms with E-state index >= 15 is 0 Å². The first kappa shape index (κ1) is 19.3. The minimum atomic E-state index is -3.22. The van der Waals surface area contributed by atoms with E-state index in [1.54, 1.807) is 6.92 Å². The van der Waals surface area contributed by atoms with Crippen LogP contribution in [0.25, 0.3) is 5.52 Å². The van der Waals surface area contributed by atoms with Crippen LogP contribution in [0.4, 0.5) is 0 Å². The molecule has 0 aromatic carbocycles. The molecule has 0 radical (unpaired) electrons. The summed E-state index contributed by atoms with van der Waals surface area (Å²) >= 11 is 19.8. The summed E-state index contributed by atoms with van der Waals surface area (Å²) in [4.78, 5) is 15.5. The number of halogens is 4. The van der Waals surface area contributed by atoms with E-state index in [4.69, 9.17) is 21.1 Å². The molecule has 0 spiro atoms. The number of aromatic nitrogens is 3. The van der Waals surface area contributed by atoms with Crippen LogP contribution in [0.5, 0.6) is 5.75 Å². The lowest BCUT2D eigenvalue weighted by atomic mass is 10.3. The highest BCUT2D eigenvalue weighted by Gasteiger charge is 2.21. The third kappa shape index (κ3) is 5.48. The Balaban J connectivity index is 0.000000422. The number of nitrogens with zero attached hydrogens (tertiary/aromatic N) is 3. The predicted molar refractivity (Wildman–Crippen MR) is 85.7 cm³/mol. The lowest BCUT2D eigenvalue weighted by molar-refractivity contribution is 0.0523. The number of carbonyl (C=O) groups is 1. The Morgan fingerprint density at radius 2 is 2.00 bits per heavy atom. The summed E-state index contributed by atoms with van der Waals surface area (Å²) in [6.07, 6.45) is 2.80. The van der Waals surface area contributed by atoms with Gasteiger partial charge in [0.15, 0.2) is 10.9 Å². The Hall–Kier alpha value is -0.720. The van der Waals surface area contributed by atoms with Crippen molar-refractivity contribution in [2.24, 2.45) is 0 Å². The maximum atomic E-state index is 11.7. The molecule has 0 atom stereocenters. The van der Waals surface area contributed by atoms with Crippen LogP contribution < -0.4 is 4.74 Å². The van der Waals surface area contributed by atoms with E-state index < -0.39 is 11.2 Å². The first-order valence-electron chi connectivity index (χ1n) is 5.61. The number of esters is 1. The topological polar surface area (TPSA) is 82.8 Å². The van der Waals surface area contributed by atoms with Crippen LogP contribution in [0, 0.1) is 0 Å². The molecule has 0 saturated heterocycles. The highest BCUT2D eigenvalue weighted by molar-refractivity contribution is 8.24. The maximum Gasteiger partial charge on any atom is 0.343 e. The van der Waals surface area contributed by atoms with Gasteiger partial charge >= 0.3 is 11.2 Å². The number of fused-ring (bicyclic) bond motifs is 1. The van der Waals surface area contributed by atoms with Gasteiger partial charge in [0, 0.05) is 6.20 Å². The van der Waals surface area contributed by atoms with E-state index in [9.17, 15) is 9.36 Å². The zero-order valence-corrected chi connectivity index (χ0v) is 15.2. The quantitative estimate of drug-likeness (QED) is 0.553. The van der Waals surface area contributed by atoms with Crippen molar-refractivity contribution in [1.29, 1.82) is 0 Å². The van der Waals surface area contributed by atoms with E-state index in [2.05, 4.69) is 43.8 Å². The van der Waals surface area contributed by atoms with Crippen LogP contribution in [-0.2, 0) is 9.30 Å². The maximum absolute atomic E-state index is 11.7. The van der Waals surface area contributed by atoms with Crippen LogP contribution >= 0.6 is 50.5 Å². The first-order valence-corrected chi connectivity index (χ1v) is 10.4. The molecule has 22 heavy (non-hydrogen) atoms. The van der Waals surface area contributed by atoms with Gasteiger partial charge in [-0.2, -0.15) is 5.10 Å². The molecule has 0 aliphatic carbocycles. The van der Waals surface area contributed by atoms with Crippen LogP contribution in [-0.4, -0.2) is 34.3 Å². The molecule has 2 heterocycles. The molecular weight excluding hydrogens is 399 g/mol. The fraction of sp³-hybridized carbons (Fsp3) is 0.300. The van der Waals surface area contributed by atoms with Crippen molar-refractivity contribution < 1.29 is 18.8 Å². The zero-order chi connectivity index (χ0) is 16.9. The van der Waals surface area contributed by atoms with Crippen molar-refractivity contribution in [3.05, 3.63) is 23.2 Å². The number of hydrogen-bond donors (Lipinski definition) is 0. The van der Waals surface area contributed by atoms with Gasteiger partial charge in [-0.05, 0) is 40.6 Å². The summed E-state index contributed by atoms with van der Waals surface area (Å²) in [6.45, 7) is 2.01. The minimum absolute atomic E-state index is 0.215. The monoisotopic (exact) mass is 407 g/mol. The molecule has 12 heteroatoms. The third-order valence-electron chi connectivity index (χ3n) is 2.18. The first-order chi connectivity index (χ1) is 10.2. The van der Waals surface area contributed by atoms with Crippen molar-refractivity contribution in [3.63, 3.8) is 0 Å². The molecular formula is C10H10Cl4N3O4P. The fourth-order valence-corrected chi connectivity index (χ4v) is 1.73. The van der Waals surface area contributed by atoms with E-state index in [1.165, 1.54) is 24.1 Å². The number of hydrogen-bond acceptors (Lipinski definition) is 6. The standard InChI is InChI=1S/C10H10ClN3O3.Cl3OP/c1-3-17-10(15)6-4-14-7(8(6)16-2)9(11)12-5-13-14;1-5(2,3)4/h4-5H,3H2,1-2H3;. The second-order valence-corrected chi connectivity index (χ2v) is 10.5. The SMILES string of the molecule is CCOC(=O)c1cn2ncnc(Cl)c2c1OC.O=P(Cl)(Cl)Cl. The van der Waals surface area contributed by atoms with Crippen molar-refractivity contribution in [2.45, 2.75) is 6.92 Å². The van der Waals surface area contributed by atoms with Gasteiger partial charge in [-0.3, -0.25) is 4.57 Å². The van der Waals surface area contributed by atoms with Crippen molar-refractivity contribution >= 4 is 62.0 Å². The van der Waals surface area contributed by atoms with Crippen molar-refractivity contribution in [1.82, 2.24) is 14.6 Å². The molecule has 7 nitrogen and oxygen atoms in total. The average Bonchev–Trinajstić information content (AvgIpc) is 2.77. The lowest BCUT2D eigenvalue weighted by Crippen LogP contribution is -2.04. The molecule has 0 amide bonds. The number of ether oxygens (including phenoxy) is 2. The summed E-state index contributed by atoms with van der Waals surface area (Å²) in [5.74, 6) is -0.167. The highest BCUT2D eigenvalue weighted by atomic mass is 36.0. The molecule has 0 aliphatic heterocycles. The van der Waals surface area contributed by atoms with E-state index in [-0.39, 0.29) is 17.3 Å². The Labute approximate surface area is 145 Å². The number of rotatable bonds is 3. The smallest absolute Gasteiger partial charge is 0.343 e. The number of carbonyl (C=O) groups excluding carboxylic acids is 1. The Kier molecular flexibility index (Phi) is 7.22. The Morgan fingerprint density at radius 1 is 1.41 bits per heavy atom. The molecule has 0 N–H and O–H groups in total. The molecule has 0 bridgehead atoms. The highest BCUT2D eigenvalue weighted by Crippen LogP contribution is 2.61. The van der Waals surface area contributed by atoms with Gasteiger partial charge in [-0.15, -0.1) is 0 Å². The lowest BCUT2D eigenvalue weighted by Gasteiger charge is -2.02. The Morgan fingerprint density at radius 3 is 2.50 bits per heavy atom. The second-order valence-electron chi connectivity index (χ2n) is 3.54. The summed E-state index contributed by atoms with van der Waals surface area (Å²) in [5.41, 5.74) is 0.719. The normalized spacial score (nSPS) is 10.8. The van der Waals surface area contributed by atoms with Crippen LogP contribution in [0.15, 0.2) is 12.5 Å². The predicted octanol–water partition coefficient (Wildman–Crippen LogP) is 4.38. The van der Waals surface area contributed by atoms with E-state index in [0.717, 1.165) is 0 Å². The van der Waals surface area contributed by atoms with Gasteiger partial charge in [0.05, 0.1) is 13.7 Å². The molecule has 2 rings (SSSR count). The molecule has 0 saturated carbocycles. The summed E-state index contributed by atoms with van der Waals surface area (Å²) < 4.78 is 21.0. The summed E-state index contributed by atoms with van der Waals surface area (Å²) in [7, 11) is 1.45. The van der Waals surface area contributed by atoms with Crippen LogP contribution in [0.3, 0.4) is 0 Å². The Bertz CT molecular complexity index is 709. The summed E-state index contributed by atoms with van der Waals surface area (Å²) in [6, 6.07) is 0. The van der Waals surface area contributed by atoms with Gasteiger partial charge < -0.3 is 9.47 Å². The van der Waals surface area contributed by atoms with Gasteiger partial charge in [0.25, 0.3) is 0 Å². The van der Waals surface area contributed by atoms with Crippen LogP contribution in [0.1, 0.15) is 17.3 Å². The number of methoxy groups -OCH3 is 1. The van der Waals surface area contributed by atoms with E-state index in [0.29, 0.717) is 11.3 Å². The molecule has 0 unspecified atom stereocenters. The largest absolute Gasteiger partial charge is 0.493 e. The minimum Gasteiger partial charge on any atom is -0.493 e. The van der Waals surface area contributed by atoms with Crippen molar-refractivity contribution in [2.75, 3.05) is 13.7 Å². The molecule has 0 fully saturated rings. The van der Waals surface area contributed by atoms with Gasteiger partial charge in [-0.25, -0.2) is 14.3 Å². The van der Waals surface area contributed by atoms with Crippen LogP contribution in [0.2, 0.25) is 5.15 Å². The molecule has 122 valence electrons. The zero-order valence-electron chi connectivity index (χ0n) is 11.3. The molecule has 0 aliphatic rings. The van der Waals surface area contributed by atoms with Gasteiger partial charge in [0.1, 0.15) is 17.4 Å². The summed E-state index contributed by atoms with van der Waals surface area (Å²) in [5, 5.41) is 0.940. The van der Waals surface area contributed by atoms with Gasteiger partial charge in [0.2, 0.25) is 0 Å². The third-order valence-corrected chi connectivity index (χ3v) is 2.46. The molecule has 2 aromatic heterocycles. The van der Waals surface area contributed by atoms with Crippen molar-refractivity contribution in [3.8, 4) is 5.75 Å². The van der Waals surface area contributed by atoms with Gasteiger partial charge in [-0.1, -0.05) is 11.6 Å².